The minimum atomic E-state index is -0.268. The van der Waals surface area contributed by atoms with Crippen molar-refractivity contribution in [2.24, 2.45) is 0 Å². The van der Waals surface area contributed by atoms with E-state index in [1.54, 1.807) is 18.4 Å². The van der Waals surface area contributed by atoms with Crippen molar-refractivity contribution in [1.29, 1.82) is 0 Å². The van der Waals surface area contributed by atoms with E-state index >= 15 is 0 Å². The highest BCUT2D eigenvalue weighted by Gasteiger charge is 2.28. The van der Waals surface area contributed by atoms with Crippen LogP contribution in [-0.2, 0) is 12.8 Å². The number of fused-ring (bicyclic) bond motifs is 1. The van der Waals surface area contributed by atoms with Crippen LogP contribution in [0.5, 0.6) is 5.75 Å². The van der Waals surface area contributed by atoms with E-state index in [1.807, 2.05) is 24.3 Å². The van der Waals surface area contributed by atoms with E-state index in [-0.39, 0.29) is 11.9 Å². The fraction of sp³-hybridized carbons (Fsp3) is 0.222. The molecule has 3 heterocycles. The normalized spacial score (nSPS) is 12.7. The Balaban J connectivity index is 1.42. The molecule has 1 aliphatic rings. The summed E-state index contributed by atoms with van der Waals surface area (Å²) in [5.74, 6) is 1.25. The van der Waals surface area contributed by atoms with Crippen LogP contribution in [0.15, 0.2) is 30.6 Å². The average molecular weight is 408 g/mol. The van der Waals surface area contributed by atoms with Crippen molar-refractivity contribution < 1.29 is 9.53 Å². The number of methoxy groups -OCH3 is 1. The van der Waals surface area contributed by atoms with Crippen LogP contribution in [0, 0.1) is 0 Å². The molecule has 4 aromatic rings. The molecule has 11 heteroatoms. The number of hydrogen-bond donors (Lipinski definition) is 2. The third-order valence-electron chi connectivity index (χ3n) is 4.76. The van der Waals surface area contributed by atoms with Crippen LogP contribution >= 0.6 is 11.3 Å². The van der Waals surface area contributed by atoms with Gasteiger partial charge < -0.3 is 4.74 Å². The molecule has 10 nitrogen and oxygen atoms in total. The van der Waals surface area contributed by atoms with Gasteiger partial charge in [0.15, 0.2) is 5.82 Å². The molecule has 0 fully saturated rings. The van der Waals surface area contributed by atoms with Gasteiger partial charge in [-0.25, -0.2) is 0 Å². The monoisotopic (exact) mass is 408 g/mol. The maximum Gasteiger partial charge on any atom is 0.261 e. The summed E-state index contributed by atoms with van der Waals surface area (Å²) < 4.78 is 6.69. The number of nitrogens with one attached hydrogen (secondary N) is 2. The van der Waals surface area contributed by atoms with E-state index in [0.717, 1.165) is 36.1 Å². The predicted molar refractivity (Wildman–Crippen MR) is 105 cm³/mol. The number of tetrazole rings is 1. The van der Waals surface area contributed by atoms with E-state index in [2.05, 4.69) is 36.0 Å². The average Bonchev–Trinajstić information content (AvgIpc) is 3.51. The van der Waals surface area contributed by atoms with Crippen LogP contribution in [-0.4, -0.2) is 48.4 Å². The molecule has 0 unspecified atom stereocenters. The van der Waals surface area contributed by atoms with Crippen LogP contribution in [0.2, 0.25) is 0 Å². The summed E-state index contributed by atoms with van der Waals surface area (Å²) in [6.07, 6.45) is 4.36. The van der Waals surface area contributed by atoms with Crippen molar-refractivity contribution >= 4 is 23.2 Å². The SMILES string of the molecule is COc1ccc(-c2nc(NC(=O)c3c(-n4cnnn4)sc4c3CCC4)n[nH]2)cc1. The Kier molecular flexibility index (Phi) is 4.28. The number of hydrogen-bond acceptors (Lipinski definition) is 8. The van der Waals surface area contributed by atoms with Gasteiger partial charge in [0.25, 0.3) is 5.91 Å². The number of H-pyrrole nitrogens is 1. The predicted octanol–water partition coefficient (Wildman–Crippen LogP) is 2.26. The highest BCUT2D eigenvalue weighted by atomic mass is 32.1. The Hall–Kier alpha value is -3.60. The third kappa shape index (κ3) is 3.14. The quantitative estimate of drug-likeness (QED) is 0.519. The molecule has 0 saturated heterocycles. The highest BCUT2D eigenvalue weighted by molar-refractivity contribution is 7.15. The number of aromatic nitrogens is 7. The van der Waals surface area contributed by atoms with Crippen molar-refractivity contribution in [3.63, 3.8) is 0 Å². The highest BCUT2D eigenvalue weighted by Crippen LogP contribution is 2.37. The number of benzene rings is 1. The fourth-order valence-corrected chi connectivity index (χ4v) is 4.70. The molecule has 1 aliphatic carbocycles. The van der Waals surface area contributed by atoms with E-state index in [0.29, 0.717) is 16.4 Å². The van der Waals surface area contributed by atoms with Crippen molar-refractivity contribution in [2.45, 2.75) is 19.3 Å². The Morgan fingerprint density at radius 3 is 2.90 bits per heavy atom. The molecule has 3 aromatic heterocycles. The van der Waals surface area contributed by atoms with Gasteiger partial charge in [-0.05, 0) is 59.5 Å². The second-order valence-electron chi connectivity index (χ2n) is 6.48. The molecular weight excluding hydrogens is 392 g/mol. The number of ether oxygens (including phenoxy) is 1. The third-order valence-corrected chi connectivity index (χ3v) is 6.04. The second kappa shape index (κ2) is 7.09. The summed E-state index contributed by atoms with van der Waals surface area (Å²) in [6.45, 7) is 0. The molecule has 2 N–H and O–H groups in total. The lowest BCUT2D eigenvalue weighted by Crippen LogP contribution is -2.16. The van der Waals surface area contributed by atoms with Gasteiger partial charge in [-0.15, -0.1) is 21.5 Å². The fourth-order valence-electron chi connectivity index (χ4n) is 3.40. The summed E-state index contributed by atoms with van der Waals surface area (Å²) in [6, 6.07) is 7.41. The summed E-state index contributed by atoms with van der Waals surface area (Å²) in [7, 11) is 1.61. The molecule has 1 aromatic carbocycles. The molecule has 0 aliphatic heterocycles. The lowest BCUT2D eigenvalue weighted by atomic mass is 10.1. The summed E-state index contributed by atoms with van der Waals surface area (Å²) in [4.78, 5) is 18.7. The van der Waals surface area contributed by atoms with Gasteiger partial charge in [-0.2, -0.15) is 9.67 Å². The molecule has 0 radical (unpaired) electrons. The number of anilines is 1. The summed E-state index contributed by atoms with van der Waals surface area (Å²) >= 11 is 1.55. The molecule has 0 spiro atoms. The first-order valence-electron chi connectivity index (χ1n) is 8.99. The molecule has 5 rings (SSSR count). The molecule has 0 bridgehead atoms. The van der Waals surface area contributed by atoms with Crippen LogP contribution in [0.4, 0.5) is 5.95 Å². The molecule has 0 atom stereocenters. The first kappa shape index (κ1) is 17.5. The Bertz CT molecular complexity index is 1160. The van der Waals surface area contributed by atoms with Gasteiger partial charge >= 0.3 is 0 Å². The van der Waals surface area contributed by atoms with Crippen molar-refractivity contribution in [1.82, 2.24) is 35.4 Å². The van der Waals surface area contributed by atoms with Crippen molar-refractivity contribution in [2.75, 3.05) is 12.4 Å². The standard InChI is InChI=1S/C18H16N8O2S/c1-28-11-7-5-10(6-8-11)15-20-18(23-22-15)21-16(27)14-12-3-2-4-13(12)29-17(14)26-9-19-24-25-26/h5-9H,2-4H2,1H3,(H2,20,21,22,23,27). The first-order valence-corrected chi connectivity index (χ1v) is 9.80. The van der Waals surface area contributed by atoms with E-state index < -0.39 is 0 Å². The van der Waals surface area contributed by atoms with Gasteiger partial charge in [0.1, 0.15) is 17.1 Å². The number of carbonyl (C=O) groups excluding carboxylic acids is 1. The Morgan fingerprint density at radius 1 is 1.28 bits per heavy atom. The molecule has 0 saturated carbocycles. The second-order valence-corrected chi connectivity index (χ2v) is 7.57. The molecule has 146 valence electrons. The van der Waals surface area contributed by atoms with Crippen LogP contribution in [0.1, 0.15) is 27.2 Å². The van der Waals surface area contributed by atoms with Gasteiger partial charge in [-0.3, -0.25) is 15.2 Å². The van der Waals surface area contributed by atoms with Gasteiger partial charge in [-0.1, -0.05) is 0 Å². The lowest BCUT2D eigenvalue weighted by Gasteiger charge is -2.05. The summed E-state index contributed by atoms with van der Waals surface area (Å²) in [5.41, 5.74) is 2.49. The molecule has 1 amide bonds. The van der Waals surface area contributed by atoms with Gasteiger partial charge in [0.2, 0.25) is 5.95 Å². The smallest absolute Gasteiger partial charge is 0.261 e. The first-order chi connectivity index (χ1) is 14.2. The Labute approximate surface area is 168 Å². The molecule has 29 heavy (non-hydrogen) atoms. The minimum absolute atomic E-state index is 0.210. The zero-order chi connectivity index (χ0) is 19.8. The number of rotatable bonds is 5. The van der Waals surface area contributed by atoms with Crippen molar-refractivity contribution in [3.05, 3.63) is 46.6 Å². The zero-order valence-corrected chi connectivity index (χ0v) is 16.2. The van der Waals surface area contributed by atoms with Crippen molar-refractivity contribution in [3.8, 4) is 22.1 Å². The number of carbonyl (C=O) groups is 1. The van der Waals surface area contributed by atoms with E-state index in [9.17, 15) is 4.79 Å². The van der Waals surface area contributed by atoms with E-state index in [4.69, 9.17) is 4.74 Å². The Morgan fingerprint density at radius 2 is 2.14 bits per heavy atom. The van der Waals surface area contributed by atoms with Gasteiger partial charge in [0, 0.05) is 10.4 Å². The summed E-state index contributed by atoms with van der Waals surface area (Å²) in [5, 5.41) is 21.8. The maximum absolute atomic E-state index is 13.1. The minimum Gasteiger partial charge on any atom is -0.497 e. The topological polar surface area (TPSA) is 124 Å². The number of aryl methyl sites for hydroxylation is 1. The molecular formula is C18H16N8O2S. The van der Waals surface area contributed by atoms with Crippen LogP contribution < -0.4 is 10.1 Å². The number of amides is 1. The van der Waals surface area contributed by atoms with Gasteiger partial charge in [0.05, 0.1) is 12.7 Å². The van der Waals surface area contributed by atoms with Crippen LogP contribution in [0.25, 0.3) is 16.4 Å². The lowest BCUT2D eigenvalue weighted by molar-refractivity contribution is 0.102. The number of nitrogens with zero attached hydrogens (tertiary/aromatic N) is 6. The van der Waals surface area contributed by atoms with E-state index in [1.165, 1.54) is 15.9 Å². The maximum atomic E-state index is 13.1. The number of aromatic amines is 1. The zero-order valence-electron chi connectivity index (χ0n) is 15.4. The largest absolute Gasteiger partial charge is 0.497 e. The van der Waals surface area contributed by atoms with Crippen LogP contribution in [0.3, 0.4) is 0 Å². The number of thiophene rings is 1.